The van der Waals surface area contributed by atoms with E-state index < -0.39 is 5.97 Å². The molecule has 1 heterocycles. The van der Waals surface area contributed by atoms with Crippen molar-refractivity contribution in [3.05, 3.63) is 29.6 Å². The maximum Gasteiger partial charge on any atom is 0.339 e. The molecule has 16 heavy (non-hydrogen) atoms. The molecule has 1 rings (SSSR count). The number of ether oxygens (including phenoxy) is 1. The monoisotopic (exact) mass is 222 g/mol. The van der Waals surface area contributed by atoms with E-state index in [1.54, 1.807) is 6.92 Å². The van der Waals surface area contributed by atoms with Gasteiger partial charge >= 0.3 is 12.0 Å². The minimum Gasteiger partial charge on any atom is -0.478 e. The lowest BCUT2D eigenvalue weighted by molar-refractivity contribution is 0.0695. The van der Waals surface area contributed by atoms with Crippen LogP contribution < -0.4 is 4.74 Å². The second-order valence-electron chi connectivity index (χ2n) is 3.51. The van der Waals surface area contributed by atoms with E-state index >= 15 is 0 Å². The summed E-state index contributed by atoms with van der Waals surface area (Å²) >= 11 is 0. The fraction of sp³-hybridized carbons (Fsp3) is 0.364. The zero-order valence-corrected chi connectivity index (χ0v) is 9.36. The van der Waals surface area contributed by atoms with Crippen LogP contribution in [0.2, 0.25) is 0 Å². The number of aryl methyl sites for hydroxylation is 1. The fourth-order valence-electron chi connectivity index (χ4n) is 1.04. The molecule has 0 aliphatic rings. The lowest BCUT2D eigenvalue weighted by Crippen LogP contribution is -2.07. The second kappa shape index (κ2) is 5.25. The molecule has 86 valence electrons. The molecule has 0 atom stereocenters. The van der Waals surface area contributed by atoms with Gasteiger partial charge in [0, 0.05) is 12.6 Å². The largest absolute Gasteiger partial charge is 0.478 e. The quantitative estimate of drug-likeness (QED) is 0.769. The van der Waals surface area contributed by atoms with Gasteiger partial charge in [0.25, 0.3) is 0 Å². The second-order valence-corrected chi connectivity index (χ2v) is 3.51. The lowest BCUT2D eigenvalue weighted by atomic mass is 10.2. The Bertz CT molecular complexity index is 416. The first kappa shape index (κ1) is 12.2. The summed E-state index contributed by atoms with van der Waals surface area (Å²) in [4.78, 5) is 18.5. The van der Waals surface area contributed by atoms with Gasteiger partial charge in [-0.15, -0.1) is 6.58 Å². The van der Waals surface area contributed by atoms with Crippen LogP contribution in [0.25, 0.3) is 0 Å². The Hall–Kier alpha value is -1.91. The molecule has 1 N–H and O–H groups in total. The molecule has 5 nitrogen and oxygen atoms in total. The molecule has 0 fully saturated rings. The van der Waals surface area contributed by atoms with E-state index in [9.17, 15) is 4.79 Å². The minimum atomic E-state index is -1.04. The van der Waals surface area contributed by atoms with Crippen molar-refractivity contribution in [2.75, 3.05) is 6.61 Å². The number of nitrogens with zero attached hydrogens (tertiary/aromatic N) is 2. The van der Waals surface area contributed by atoms with Gasteiger partial charge in [-0.25, -0.2) is 9.78 Å². The first-order valence-electron chi connectivity index (χ1n) is 4.85. The van der Waals surface area contributed by atoms with Crippen molar-refractivity contribution in [3.63, 3.8) is 0 Å². The van der Waals surface area contributed by atoms with Crippen LogP contribution in [0, 0.1) is 6.92 Å². The molecule has 0 saturated carbocycles. The maximum atomic E-state index is 10.7. The predicted octanol–water partition coefficient (Wildman–Crippen LogP) is 1.83. The van der Waals surface area contributed by atoms with E-state index in [4.69, 9.17) is 9.84 Å². The third-order valence-electron chi connectivity index (χ3n) is 1.95. The number of carboxylic acids is 1. The minimum absolute atomic E-state index is 0.0900. The average Bonchev–Trinajstić information content (AvgIpc) is 2.16. The van der Waals surface area contributed by atoms with Crippen molar-refractivity contribution < 1.29 is 14.6 Å². The van der Waals surface area contributed by atoms with E-state index in [-0.39, 0.29) is 11.6 Å². The van der Waals surface area contributed by atoms with Gasteiger partial charge in [0.2, 0.25) is 0 Å². The highest BCUT2D eigenvalue weighted by molar-refractivity contribution is 5.88. The predicted molar refractivity (Wildman–Crippen MR) is 58.7 cm³/mol. The van der Waals surface area contributed by atoms with Gasteiger partial charge in [-0.05, 0) is 13.8 Å². The maximum absolute atomic E-state index is 10.7. The summed E-state index contributed by atoms with van der Waals surface area (Å²) in [5.74, 6) is -1.04. The van der Waals surface area contributed by atoms with Crippen LogP contribution in [-0.4, -0.2) is 27.7 Å². The zero-order chi connectivity index (χ0) is 12.1. The highest BCUT2D eigenvalue weighted by Crippen LogP contribution is 2.09. The van der Waals surface area contributed by atoms with E-state index in [1.165, 1.54) is 6.20 Å². The highest BCUT2D eigenvalue weighted by atomic mass is 16.5. The number of carboxylic acid groups (broad SMARTS) is 1. The van der Waals surface area contributed by atoms with Crippen LogP contribution >= 0.6 is 0 Å². The number of aromatic nitrogens is 2. The molecule has 0 aromatic carbocycles. The molecule has 0 amide bonds. The summed E-state index contributed by atoms with van der Waals surface area (Å²) in [6.07, 6.45) is 1.98. The molecule has 0 unspecified atom stereocenters. The molecule has 5 heteroatoms. The van der Waals surface area contributed by atoms with Crippen molar-refractivity contribution >= 4 is 5.97 Å². The van der Waals surface area contributed by atoms with Crippen molar-refractivity contribution in [2.24, 2.45) is 0 Å². The first-order valence-corrected chi connectivity index (χ1v) is 4.85. The van der Waals surface area contributed by atoms with Gasteiger partial charge < -0.3 is 9.84 Å². The molecule has 0 radical (unpaired) electrons. The summed E-state index contributed by atoms with van der Waals surface area (Å²) in [5.41, 5.74) is 1.50. The van der Waals surface area contributed by atoms with Gasteiger partial charge in [0.1, 0.15) is 0 Å². The lowest BCUT2D eigenvalue weighted by Gasteiger charge is -2.05. The van der Waals surface area contributed by atoms with Crippen LogP contribution in [0.5, 0.6) is 6.01 Å². The molecule has 0 aliphatic heterocycles. The number of aromatic carboxylic acids is 1. The molecular formula is C11H14N2O3. The van der Waals surface area contributed by atoms with Crippen molar-refractivity contribution in [3.8, 4) is 6.01 Å². The Morgan fingerprint density at radius 3 is 2.81 bits per heavy atom. The van der Waals surface area contributed by atoms with Crippen molar-refractivity contribution in [1.82, 2.24) is 9.97 Å². The zero-order valence-electron chi connectivity index (χ0n) is 9.36. The molecule has 0 spiro atoms. The Morgan fingerprint density at radius 1 is 1.62 bits per heavy atom. The summed E-state index contributed by atoms with van der Waals surface area (Å²) < 4.78 is 5.26. The Balaban J connectivity index is 2.66. The van der Waals surface area contributed by atoms with Crippen molar-refractivity contribution in [2.45, 2.75) is 20.3 Å². The molecule has 1 aromatic heterocycles. The van der Waals surface area contributed by atoms with E-state index in [0.717, 1.165) is 12.0 Å². The Labute approximate surface area is 93.8 Å². The van der Waals surface area contributed by atoms with Gasteiger partial charge in [-0.2, -0.15) is 4.98 Å². The van der Waals surface area contributed by atoms with Crippen LogP contribution in [0.1, 0.15) is 29.4 Å². The fourth-order valence-corrected chi connectivity index (χ4v) is 1.04. The van der Waals surface area contributed by atoms with Crippen LogP contribution in [0.4, 0.5) is 0 Å². The van der Waals surface area contributed by atoms with E-state index in [1.807, 2.05) is 6.92 Å². The van der Waals surface area contributed by atoms with Crippen LogP contribution in [-0.2, 0) is 0 Å². The molecule has 1 aromatic rings. The van der Waals surface area contributed by atoms with Gasteiger partial charge in [-0.3, -0.25) is 0 Å². The number of carbonyl (C=O) groups is 1. The van der Waals surface area contributed by atoms with Crippen LogP contribution in [0.15, 0.2) is 18.3 Å². The van der Waals surface area contributed by atoms with E-state index in [0.29, 0.717) is 12.3 Å². The molecule has 0 bridgehead atoms. The normalized spacial score (nSPS) is 9.88. The smallest absolute Gasteiger partial charge is 0.339 e. The SMILES string of the molecule is C=C(C)CCOc1ncc(C(=O)O)c(C)n1. The van der Waals surface area contributed by atoms with Crippen LogP contribution in [0.3, 0.4) is 0 Å². The molecular weight excluding hydrogens is 208 g/mol. The molecule has 0 saturated heterocycles. The summed E-state index contributed by atoms with van der Waals surface area (Å²) in [6.45, 7) is 7.70. The Morgan fingerprint density at radius 2 is 2.31 bits per heavy atom. The average molecular weight is 222 g/mol. The van der Waals surface area contributed by atoms with Gasteiger partial charge in [0.15, 0.2) is 0 Å². The standard InChI is InChI=1S/C11H14N2O3/c1-7(2)4-5-16-11-12-6-9(10(14)15)8(3)13-11/h6H,1,4-5H2,2-3H3,(H,14,15). The number of hydrogen-bond acceptors (Lipinski definition) is 4. The van der Waals surface area contributed by atoms with Crippen molar-refractivity contribution in [1.29, 1.82) is 0 Å². The summed E-state index contributed by atoms with van der Waals surface area (Å²) in [7, 11) is 0. The summed E-state index contributed by atoms with van der Waals surface area (Å²) in [6, 6.07) is 0.198. The third kappa shape index (κ3) is 3.34. The number of rotatable bonds is 5. The van der Waals surface area contributed by atoms with Gasteiger partial charge in [-0.1, -0.05) is 5.57 Å². The molecule has 0 aliphatic carbocycles. The van der Waals surface area contributed by atoms with Gasteiger partial charge in [0.05, 0.1) is 17.9 Å². The van der Waals surface area contributed by atoms with E-state index in [2.05, 4.69) is 16.5 Å². The first-order chi connectivity index (χ1) is 7.50. The highest BCUT2D eigenvalue weighted by Gasteiger charge is 2.10. The number of hydrogen-bond donors (Lipinski definition) is 1. The topological polar surface area (TPSA) is 72.3 Å². The Kier molecular flexibility index (Phi) is 3.99. The third-order valence-corrected chi connectivity index (χ3v) is 1.95. The summed E-state index contributed by atoms with van der Waals surface area (Å²) in [5, 5.41) is 8.77.